The van der Waals surface area contributed by atoms with Crippen LogP contribution in [0.1, 0.15) is 11.3 Å². The number of rotatable bonds is 5. The fraction of sp³-hybridized carbons (Fsp3) is 0.250. The lowest BCUT2D eigenvalue weighted by Gasteiger charge is -2.35. The first-order chi connectivity index (χ1) is 17.2. The monoisotopic (exact) mass is 464 g/mol. The molecule has 0 N–H and O–H groups in total. The molecular weight excluding hydrogens is 436 g/mol. The summed E-state index contributed by atoms with van der Waals surface area (Å²) in [6.45, 7) is 6.48. The first-order valence-electron chi connectivity index (χ1n) is 12.2. The van der Waals surface area contributed by atoms with Gasteiger partial charge in [0.2, 0.25) is 0 Å². The zero-order valence-corrected chi connectivity index (χ0v) is 19.8. The summed E-state index contributed by atoms with van der Waals surface area (Å²) in [5.41, 5.74) is 4.58. The highest BCUT2D eigenvalue weighted by Crippen LogP contribution is 2.29. The van der Waals surface area contributed by atoms with Gasteiger partial charge in [-0.25, -0.2) is 9.67 Å². The molecule has 3 aromatic heterocycles. The van der Waals surface area contributed by atoms with E-state index in [0.29, 0.717) is 12.1 Å². The highest BCUT2D eigenvalue weighted by Gasteiger charge is 2.23. The van der Waals surface area contributed by atoms with Gasteiger partial charge in [0.15, 0.2) is 5.82 Å². The largest absolute Gasteiger partial charge is 0.352 e. The molecule has 0 spiro atoms. The van der Waals surface area contributed by atoms with Gasteiger partial charge in [0.05, 0.1) is 11.2 Å². The van der Waals surface area contributed by atoms with Crippen LogP contribution >= 0.6 is 0 Å². The Hall–Kier alpha value is -3.97. The minimum Gasteiger partial charge on any atom is -0.352 e. The van der Waals surface area contributed by atoms with E-state index in [1.807, 2.05) is 48.0 Å². The van der Waals surface area contributed by atoms with Gasteiger partial charge in [-0.3, -0.25) is 14.1 Å². The van der Waals surface area contributed by atoms with Crippen LogP contribution in [-0.2, 0) is 6.42 Å². The maximum Gasteiger partial charge on any atom is 0.261 e. The Balaban J connectivity index is 1.18. The second-order valence-electron chi connectivity index (χ2n) is 9.08. The molecule has 2 aromatic carbocycles. The summed E-state index contributed by atoms with van der Waals surface area (Å²) in [5.74, 6) is 1.04. The Labute approximate surface area is 203 Å². The number of fused-ring (bicyclic) bond motifs is 2. The number of pyridine rings is 1. The van der Waals surface area contributed by atoms with E-state index in [2.05, 4.69) is 51.2 Å². The van der Waals surface area contributed by atoms with E-state index in [0.717, 1.165) is 61.0 Å². The first kappa shape index (κ1) is 21.6. The van der Waals surface area contributed by atoms with Gasteiger partial charge in [-0.1, -0.05) is 36.4 Å². The molecule has 0 saturated carbocycles. The lowest BCUT2D eigenvalue weighted by molar-refractivity contribution is 0.260. The molecule has 0 radical (unpaired) electrons. The van der Waals surface area contributed by atoms with Crippen LogP contribution in [0.2, 0.25) is 0 Å². The van der Waals surface area contributed by atoms with E-state index >= 15 is 0 Å². The normalized spacial score (nSPS) is 14.7. The number of anilines is 1. The standard InChI is InChI=1S/C28H28N6O/c1-21-23(28(35)33-15-8-7-13-26(33)29-21)14-16-31-17-19-32(20-18-31)27-24-11-5-6-12-25(24)34(30-27)22-9-3-2-4-10-22/h2-13,15H,14,16-20H2,1H3. The number of aryl methyl sites for hydroxylation is 1. The Morgan fingerprint density at radius 2 is 1.60 bits per heavy atom. The molecule has 5 aromatic rings. The van der Waals surface area contributed by atoms with Crippen molar-refractivity contribution in [3.8, 4) is 5.69 Å². The van der Waals surface area contributed by atoms with Crippen LogP contribution in [0.15, 0.2) is 83.8 Å². The van der Waals surface area contributed by atoms with Crippen molar-refractivity contribution in [3.05, 3.63) is 101 Å². The van der Waals surface area contributed by atoms with E-state index in [-0.39, 0.29) is 5.56 Å². The SMILES string of the molecule is Cc1nc2ccccn2c(=O)c1CCN1CCN(c2nn(-c3ccccc3)c3ccccc23)CC1. The molecule has 176 valence electrons. The zero-order valence-electron chi connectivity index (χ0n) is 19.8. The average Bonchev–Trinajstić information content (AvgIpc) is 3.29. The molecule has 0 amide bonds. The van der Waals surface area contributed by atoms with Crippen molar-refractivity contribution in [3.63, 3.8) is 0 Å². The van der Waals surface area contributed by atoms with E-state index in [9.17, 15) is 4.79 Å². The van der Waals surface area contributed by atoms with E-state index in [1.165, 1.54) is 5.39 Å². The van der Waals surface area contributed by atoms with Crippen LogP contribution in [-0.4, -0.2) is 56.8 Å². The molecule has 0 bridgehead atoms. The fourth-order valence-corrected chi connectivity index (χ4v) is 5.03. The topological polar surface area (TPSA) is 58.7 Å². The average molecular weight is 465 g/mol. The van der Waals surface area contributed by atoms with Crippen molar-refractivity contribution in [2.45, 2.75) is 13.3 Å². The highest BCUT2D eigenvalue weighted by atomic mass is 16.1. The van der Waals surface area contributed by atoms with Crippen LogP contribution in [0.3, 0.4) is 0 Å². The summed E-state index contributed by atoms with van der Waals surface area (Å²) in [7, 11) is 0. The smallest absolute Gasteiger partial charge is 0.261 e. The number of para-hydroxylation sites is 2. The quantitative estimate of drug-likeness (QED) is 0.397. The van der Waals surface area contributed by atoms with Crippen LogP contribution in [0.4, 0.5) is 5.82 Å². The van der Waals surface area contributed by atoms with E-state index in [4.69, 9.17) is 5.10 Å². The maximum atomic E-state index is 13.0. The van der Waals surface area contributed by atoms with Crippen LogP contribution in [0.25, 0.3) is 22.2 Å². The van der Waals surface area contributed by atoms with Gasteiger partial charge in [-0.2, -0.15) is 0 Å². The van der Waals surface area contributed by atoms with Crippen molar-refractivity contribution < 1.29 is 0 Å². The predicted octanol–water partition coefficient (Wildman–Crippen LogP) is 3.71. The molecule has 1 fully saturated rings. The Kier molecular flexibility index (Phi) is 5.54. The van der Waals surface area contributed by atoms with Gasteiger partial charge in [-0.05, 0) is 49.7 Å². The van der Waals surface area contributed by atoms with Crippen LogP contribution in [0, 0.1) is 6.92 Å². The molecule has 7 nitrogen and oxygen atoms in total. The fourth-order valence-electron chi connectivity index (χ4n) is 5.03. The maximum absolute atomic E-state index is 13.0. The number of benzene rings is 2. The molecule has 7 heteroatoms. The van der Waals surface area contributed by atoms with Crippen molar-refractivity contribution in [2.24, 2.45) is 0 Å². The first-order valence-corrected chi connectivity index (χ1v) is 12.2. The molecule has 1 saturated heterocycles. The number of aromatic nitrogens is 4. The summed E-state index contributed by atoms with van der Waals surface area (Å²) < 4.78 is 3.69. The van der Waals surface area contributed by atoms with Crippen LogP contribution in [0.5, 0.6) is 0 Å². The number of hydrogen-bond donors (Lipinski definition) is 0. The number of nitrogens with zero attached hydrogens (tertiary/aromatic N) is 6. The number of hydrogen-bond acceptors (Lipinski definition) is 5. The molecule has 0 unspecified atom stereocenters. The zero-order chi connectivity index (χ0) is 23.8. The molecule has 0 atom stereocenters. The Morgan fingerprint density at radius 1 is 0.857 bits per heavy atom. The Morgan fingerprint density at radius 3 is 2.43 bits per heavy atom. The molecular formula is C28H28N6O. The van der Waals surface area contributed by atoms with Gasteiger partial charge < -0.3 is 4.90 Å². The van der Waals surface area contributed by atoms with Gasteiger partial charge in [-0.15, -0.1) is 5.10 Å². The summed E-state index contributed by atoms with van der Waals surface area (Å²) in [5, 5.41) is 6.20. The Bertz CT molecular complexity index is 1550. The molecule has 35 heavy (non-hydrogen) atoms. The summed E-state index contributed by atoms with van der Waals surface area (Å²) in [4.78, 5) is 22.4. The molecule has 1 aliphatic rings. The molecule has 6 rings (SSSR count). The molecule has 4 heterocycles. The lowest BCUT2D eigenvalue weighted by atomic mass is 10.1. The van der Waals surface area contributed by atoms with Gasteiger partial charge in [0.1, 0.15) is 5.65 Å². The second-order valence-corrected chi connectivity index (χ2v) is 9.08. The summed E-state index contributed by atoms with van der Waals surface area (Å²) >= 11 is 0. The van der Waals surface area contributed by atoms with E-state index in [1.54, 1.807) is 10.6 Å². The van der Waals surface area contributed by atoms with Gasteiger partial charge >= 0.3 is 0 Å². The third-order valence-electron chi connectivity index (χ3n) is 6.95. The van der Waals surface area contributed by atoms with Crippen molar-refractivity contribution in [2.75, 3.05) is 37.6 Å². The predicted molar refractivity (Wildman–Crippen MR) is 140 cm³/mol. The number of piperazine rings is 1. The summed E-state index contributed by atoms with van der Waals surface area (Å²) in [6.07, 6.45) is 2.51. The lowest BCUT2D eigenvalue weighted by Crippen LogP contribution is -2.47. The second kappa shape index (κ2) is 9.00. The van der Waals surface area contributed by atoms with Crippen molar-refractivity contribution in [1.29, 1.82) is 0 Å². The highest BCUT2D eigenvalue weighted by molar-refractivity contribution is 5.91. The van der Waals surface area contributed by atoms with Crippen molar-refractivity contribution >= 4 is 22.4 Å². The molecule has 1 aliphatic heterocycles. The van der Waals surface area contributed by atoms with E-state index < -0.39 is 0 Å². The van der Waals surface area contributed by atoms with Gasteiger partial charge in [0.25, 0.3) is 5.56 Å². The van der Waals surface area contributed by atoms with Gasteiger partial charge in [0, 0.05) is 55.6 Å². The minimum absolute atomic E-state index is 0.0460. The third kappa shape index (κ3) is 3.98. The summed E-state index contributed by atoms with van der Waals surface area (Å²) in [6, 6.07) is 24.4. The minimum atomic E-state index is 0.0460. The van der Waals surface area contributed by atoms with Crippen molar-refractivity contribution in [1.82, 2.24) is 24.1 Å². The third-order valence-corrected chi connectivity index (χ3v) is 6.95. The van der Waals surface area contributed by atoms with Crippen LogP contribution < -0.4 is 10.5 Å². The molecule has 0 aliphatic carbocycles.